The van der Waals surface area contributed by atoms with Crippen molar-refractivity contribution in [2.24, 2.45) is 5.41 Å². The maximum Gasteiger partial charge on any atom is 0.274 e. The number of hydrogen-bond donors (Lipinski definition) is 2. The Balaban J connectivity index is 1.81. The number of nitrogens with one attached hydrogen (secondary N) is 1. The molecule has 1 fully saturated rings. The van der Waals surface area contributed by atoms with Crippen LogP contribution in [0.4, 0.5) is 0 Å². The van der Waals surface area contributed by atoms with Crippen LogP contribution in [0.1, 0.15) is 48.6 Å². The Bertz CT molecular complexity index is 534. The highest BCUT2D eigenvalue weighted by atomic mass is 16.5. The van der Waals surface area contributed by atoms with Gasteiger partial charge in [0.1, 0.15) is 0 Å². The van der Waals surface area contributed by atoms with E-state index in [1.165, 1.54) is 0 Å². The molecule has 2 aliphatic rings. The fourth-order valence-electron chi connectivity index (χ4n) is 3.12. The molecule has 6 heteroatoms. The van der Waals surface area contributed by atoms with Crippen molar-refractivity contribution in [2.45, 2.75) is 39.4 Å². The monoisotopic (exact) mass is 279 g/mol. The smallest absolute Gasteiger partial charge is 0.274 e. The fourth-order valence-corrected chi connectivity index (χ4v) is 3.12. The van der Waals surface area contributed by atoms with Gasteiger partial charge < -0.3 is 14.7 Å². The standard InChI is InChI=1S/C14H21N3O3/c1-8-4-10-11(9(2)20-8)15-16-12(10)13(19)17-5-14(3,6-17)7-18/h8-9,18H,4-7H2,1-3H3,(H,15,16)/t8-,9+/m1/s1. The molecule has 20 heavy (non-hydrogen) atoms. The largest absolute Gasteiger partial charge is 0.396 e. The van der Waals surface area contributed by atoms with E-state index in [1.807, 2.05) is 20.8 Å². The highest BCUT2D eigenvalue weighted by Gasteiger charge is 2.42. The zero-order valence-electron chi connectivity index (χ0n) is 12.1. The lowest BCUT2D eigenvalue weighted by atomic mass is 9.82. The summed E-state index contributed by atoms with van der Waals surface area (Å²) < 4.78 is 5.73. The Morgan fingerprint density at radius 2 is 2.25 bits per heavy atom. The Morgan fingerprint density at radius 3 is 2.90 bits per heavy atom. The molecule has 0 radical (unpaired) electrons. The second-order valence-corrected chi connectivity index (χ2v) is 6.39. The minimum atomic E-state index is -0.157. The number of aliphatic hydroxyl groups is 1. The Morgan fingerprint density at radius 1 is 1.55 bits per heavy atom. The third-order valence-corrected chi connectivity index (χ3v) is 4.25. The van der Waals surface area contributed by atoms with Gasteiger partial charge in [0, 0.05) is 30.5 Å². The normalized spacial score (nSPS) is 27.9. The van der Waals surface area contributed by atoms with Gasteiger partial charge in [0.2, 0.25) is 0 Å². The zero-order valence-corrected chi connectivity index (χ0v) is 12.1. The summed E-state index contributed by atoms with van der Waals surface area (Å²) in [6.45, 7) is 7.24. The second-order valence-electron chi connectivity index (χ2n) is 6.39. The van der Waals surface area contributed by atoms with Gasteiger partial charge in [0.05, 0.1) is 24.5 Å². The molecule has 0 aromatic carbocycles. The number of aromatic amines is 1. The van der Waals surface area contributed by atoms with Crippen molar-refractivity contribution in [3.8, 4) is 0 Å². The number of aliphatic hydroxyl groups excluding tert-OH is 1. The van der Waals surface area contributed by atoms with E-state index in [0.29, 0.717) is 25.2 Å². The van der Waals surface area contributed by atoms with Crippen molar-refractivity contribution >= 4 is 5.91 Å². The third kappa shape index (κ3) is 2.03. The Kier molecular flexibility index (Phi) is 3.10. The van der Waals surface area contributed by atoms with Crippen LogP contribution in [0.2, 0.25) is 0 Å². The van der Waals surface area contributed by atoms with Crippen LogP contribution in [0.25, 0.3) is 0 Å². The van der Waals surface area contributed by atoms with E-state index in [9.17, 15) is 9.90 Å². The van der Waals surface area contributed by atoms with E-state index in [2.05, 4.69) is 10.2 Å². The van der Waals surface area contributed by atoms with E-state index in [-0.39, 0.29) is 30.1 Å². The van der Waals surface area contributed by atoms with Gasteiger partial charge in [-0.25, -0.2) is 0 Å². The number of aromatic nitrogens is 2. The summed E-state index contributed by atoms with van der Waals surface area (Å²) in [4.78, 5) is 14.2. The predicted molar refractivity (Wildman–Crippen MR) is 72.4 cm³/mol. The van der Waals surface area contributed by atoms with Crippen LogP contribution in [-0.4, -0.2) is 51.9 Å². The molecule has 0 unspecified atom stereocenters. The Labute approximate surface area is 118 Å². The van der Waals surface area contributed by atoms with Gasteiger partial charge in [-0.15, -0.1) is 0 Å². The summed E-state index contributed by atoms with van der Waals surface area (Å²) in [7, 11) is 0. The first-order chi connectivity index (χ1) is 9.43. The molecule has 2 aliphatic heterocycles. The number of nitrogens with zero attached hydrogens (tertiary/aromatic N) is 2. The van der Waals surface area contributed by atoms with Crippen LogP contribution in [0.5, 0.6) is 0 Å². The van der Waals surface area contributed by atoms with E-state index >= 15 is 0 Å². The van der Waals surface area contributed by atoms with Gasteiger partial charge in [0.15, 0.2) is 5.69 Å². The molecule has 2 atom stereocenters. The quantitative estimate of drug-likeness (QED) is 0.842. The van der Waals surface area contributed by atoms with Gasteiger partial charge in [-0.05, 0) is 13.8 Å². The first-order valence-corrected chi connectivity index (χ1v) is 7.06. The number of ether oxygens (including phenoxy) is 1. The van der Waals surface area contributed by atoms with Gasteiger partial charge in [-0.3, -0.25) is 9.89 Å². The molecule has 3 rings (SSSR count). The SMILES string of the molecule is C[C@@H]1Cc2c(C(=O)N3CC(C)(CO)C3)n[nH]c2[C@H](C)O1. The van der Waals surface area contributed by atoms with Gasteiger partial charge in [-0.2, -0.15) is 5.10 Å². The van der Waals surface area contributed by atoms with E-state index in [4.69, 9.17) is 4.74 Å². The average molecular weight is 279 g/mol. The molecule has 6 nitrogen and oxygen atoms in total. The zero-order chi connectivity index (χ0) is 14.5. The number of likely N-dealkylation sites (tertiary alicyclic amines) is 1. The molecule has 1 aromatic heterocycles. The minimum absolute atomic E-state index is 0.0466. The van der Waals surface area contributed by atoms with Gasteiger partial charge >= 0.3 is 0 Å². The highest BCUT2D eigenvalue weighted by Crippen LogP contribution is 2.34. The molecule has 3 heterocycles. The van der Waals surface area contributed by atoms with Crippen molar-refractivity contribution in [3.05, 3.63) is 17.0 Å². The van der Waals surface area contributed by atoms with Crippen LogP contribution >= 0.6 is 0 Å². The second kappa shape index (κ2) is 4.56. The van der Waals surface area contributed by atoms with Crippen molar-refractivity contribution in [2.75, 3.05) is 19.7 Å². The lowest BCUT2D eigenvalue weighted by Gasteiger charge is -2.46. The summed E-state index contributed by atoms with van der Waals surface area (Å²) in [6.07, 6.45) is 0.755. The van der Waals surface area contributed by atoms with Crippen molar-refractivity contribution in [1.82, 2.24) is 15.1 Å². The predicted octanol–water partition coefficient (Wildman–Crippen LogP) is 0.886. The average Bonchev–Trinajstić information content (AvgIpc) is 2.78. The summed E-state index contributed by atoms with van der Waals surface area (Å²) >= 11 is 0. The molecular formula is C14H21N3O3. The van der Waals surface area contributed by atoms with Crippen molar-refractivity contribution in [3.63, 3.8) is 0 Å². The number of fused-ring (bicyclic) bond motifs is 1. The molecule has 0 saturated carbocycles. The molecule has 0 aliphatic carbocycles. The molecule has 1 aromatic rings. The van der Waals surface area contributed by atoms with Crippen LogP contribution < -0.4 is 0 Å². The lowest BCUT2D eigenvalue weighted by Crippen LogP contribution is -2.58. The van der Waals surface area contributed by atoms with Crippen LogP contribution in [0, 0.1) is 5.41 Å². The number of carbonyl (C=O) groups is 1. The first-order valence-electron chi connectivity index (χ1n) is 7.06. The molecule has 1 amide bonds. The number of rotatable bonds is 2. The summed E-state index contributed by atoms with van der Waals surface area (Å²) in [6, 6.07) is 0. The van der Waals surface area contributed by atoms with Crippen molar-refractivity contribution < 1.29 is 14.6 Å². The van der Waals surface area contributed by atoms with Crippen LogP contribution in [0.3, 0.4) is 0 Å². The van der Waals surface area contributed by atoms with E-state index < -0.39 is 0 Å². The molecular weight excluding hydrogens is 258 g/mol. The first kappa shape index (κ1) is 13.6. The fraction of sp³-hybridized carbons (Fsp3) is 0.714. The van der Waals surface area contributed by atoms with Crippen LogP contribution in [0.15, 0.2) is 0 Å². The molecule has 0 spiro atoms. The summed E-state index contributed by atoms with van der Waals surface area (Å²) in [5.41, 5.74) is 2.26. The lowest BCUT2D eigenvalue weighted by molar-refractivity contribution is -0.0164. The Hall–Kier alpha value is -1.40. The maximum absolute atomic E-state index is 12.5. The van der Waals surface area contributed by atoms with E-state index in [1.54, 1.807) is 4.90 Å². The maximum atomic E-state index is 12.5. The topological polar surface area (TPSA) is 78.5 Å². The number of amides is 1. The molecule has 110 valence electrons. The van der Waals surface area contributed by atoms with Gasteiger partial charge in [-0.1, -0.05) is 6.92 Å². The third-order valence-electron chi connectivity index (χ3n) is 4.25. The van der Waals surface area contributed by atoms with Crippen molar-refractivity contribution in [1.29, 1.82) is 0 Å². The molecule has 1 saturated heterocycles. The van der Waals surface area contributed by atoms with Crippen LogP contribution in [-0.2, 0) is 11.2 Å². The number of H-pyrrole nitrogens is 1. The number of carbonyl (C=O) groups excluding carboxylic acids is 1. The molecule has 2 N–H and O–H groups in total. The summed E-state index contributed by atoms with van der Waals surface area (Å²) in [5.74, 6) is -0.0466. The van der Waals surface area contributed by atoms with Gasteiger partial charge in [0.25, 0.3) is 5.91 Å². The summed E-state index contributed by atoms with van der Waals surface area (Å²) in [5, 5.41) is 16.4. The highest BCUT2D eigenvalue weighted by molar-refractivity contribution is 5.94. The molecule has 0 bridgehead atoms. The van der Waals surface area contributed by atoms with E-state index in [0.717, 1.165) is 11.3 Å². The number of hydrogen-bond acceptors (Lipinski definition) is 4. The minimum Gasteiger partial charge on any atom is -0.396 e.